The summed E-state index contributed by atoms with van der Waals surface area (Å²) < 4.78 is 11.3. The van der Waals surface area contributed by atoms with Gasteiger partial charge in [0.05, 0.1) is 13.2 Å². The van der Waals surface area contributed by atoms with Gasteiger partial charge in [-0.25, -0.2) is 0 Å². The van der Waals surface area contributed by atoms with Crippen molar-refractivity contribution in [2.45, 2.75) is 39.5 Å². The summed E-state index contributed by atoms with van der Waals surface area (Å²) in [7, 11) is 0. The zero-order valence-corrected chi connectivity index (χ0v) is 15.7. The van der Waals surface area contributed by atoms with Crippen LogP contribution < -0.4 is 20.1 Å². The van der Waals surface area contributed by atoms with E-state index < -0.39 is 0 Å². The van der Waals surface area contributed by atoms with Gasteiger partial charge >= 0.3 is 0 Å². The van der Waals surface area contributed by atoms with Crippen molar-refractivity contribution in [1.82, 2.24) is 0 Å². The number of ether oxygens (including phenoxy) is 2. The highest BCUT2D eigenvalue weighted by atomic mass is 16.5. The third-order valence-corrected chi connectivity index (χ3v) is 3.78. The number of unbranched alkanes of at least 4 members (excludes halogenated alkanes) is 2. The van der Waals surface area contributed by atoms with E-state index in [9.17, 15) is 0 Å². The van der Waals surface area contributed by atoms with Crippen LogP contribution in [0.25, 0.3) is 0 Å². The molecule has 0 aliphatic rings. The molecule has 2 rings (SSSR count). The standard InChI is InChI=1S/C21H29N3O2/c1-3-5-15-25-19-11-7-17(8-12-19)23-21(22)24-18-9-13-20(14-10-18)26-16-6-4-2/h7-14H,3-6,15-16H2,1-2H3,(H3,22,23,24). The molecule has 0 aromatic heterocycles. The first-order valence-corrected chi connectivity index (χ1v) is 9.29. The van der Waals surface area contributed by atoms with Gasteiger partial charge in [-0.2, -0.15) is 0 Å². The Kier molecular flexibility index (Phi) is 8.33. The van der Waals surface area contributed by atoms with Crippen LogP contribution in [0.2, 0.25) is 0 Å². The fourth-order valence-electron chi connectivity index (χ4n) is 2.26. The molecule has 5 heteroatoms. The maximum absolute atomic E-state index is 8.06. The Morgan fingerprint density at radius 3 is 1.46 bits per heavy atom. The van der Waals surface area contributed by atoms with Crippen LogP contribution in [0.15, 0.2) is 48.5 Å². The van der Waals surface area contributed by atoms with Crippen LogP contribution in [-0.2, 0) is 0 Å². The predicted octanol–water partition coefficient (Wildman–Crippen LogP) is 5.50. The number of hydrogen-bond donors (Lipinski definition) is 3. The minimum atomic E-state index is 0.212. The second-order valence-corrected chi connectivity index (χ2v) is 6.08. The van der Waals surface area contributed by atoms with Gasteiger partial charge in [0.15, 0.2) is 5.96 Å². The van der Waals surface area contributed by atoms with E-state index in [2.05, 4.69) is 24.5 Å². The monoisotopic (exact) mass is 355 g/mol. The highest BCUT2D eigenvalue weighted by Gasteiger charge is 2.01. The second-order valence-electron chi connectivity index (χ2n) is 6.08. The number of anilines is 2. The van der Waals surface area contributed by atoms with E-state index in [0.29, 0.717) is 0 Å². The van der Waals surface area contributed by atoms with Gasteiger partial charge in [-0.1, -0.05) is 26.7 Å². The Balaban J connectivity index is 1.78. The summed E-state index contributed by atoms with van der Waals surface area (Å²) >= 11 is 0. The van der Waals surface area contributed by atoms with Gasteiger partial charge in [0, 0.05) is 11.4 Å². The largest absolute Gasteiger partial charge is 0.494 e. The first-order valence-electron chi connectivity index (χ1n) is 9.29. The van der Waals surface area contributed by atoms with E-state index in [1.807, 2.05) is 48.5 Å². The van der Waals surface area contributed by atoms with Crippen LogP contribution in [-0.4, -0.2) is 19.2 Å². The molecule has 140 valence electrons. The van der Waals surface area contributed by atoms with Crippen LogP contribution in [0, 0.1) is 5.41 Å². The molecule has 0 amide bonds. The minimum Gasteiger partial charge on any atom is -0.494 e. The van der Waals surface area contributed by atoms with Gasteiger partial charge < -0.3 is 20.1 Å². The molecule has 2 aromatic carbocycles. The average Bonchev–Trinajstić information content (AvgIpc) is 2.65. The van der Waals surface area contributed by atoms with Crippen molar-refractivity contribution in [1.29, 1.82) is 5.41 Å². The Bertz CT molecular complexity index is 596. The molecule has 0 saturated carbocycles. The Hall–Kier alpha value is -2.69. The van der Waals surface area contributed by atoms with E-state index in [0.717, 1.165) is 61.8 Å². The molecule has 0 aliphatic heterocycles. The van der Waals surface area contributed by atoms with Crippen LogP contribution in [0.4, 0.5) is 11.4 Å². The van der Waals surface area contributed by atoms with Gasteiger partial charge in [0.1, 0.15) is 11.5 Å². The summed E-state index contributed by atoms with van der Waals surface area (Å²) in [6, 6.07) is 15.3. The van der Waals surface area contributed by atoms with Gasteiger partial charge in [-0.3, -0.25) is 5.41 Å². The van der Waals surface area contributed by atoms with Crippen molar-refractivity contribution in [3.63, 3.8) is 0 Å². The van der Waals surface area contributed by atoms with Gasteiger partial charge in [-0.15, -0.1) is 0 Å². The zero-order chi connectivity index (χ0) is 18.6. The molecule has 0 aliphatic carbocycles. The first-order chi connectivity index (χ1) is 12.7. The number of guanidine groups is 1. The minimum absolute atomic E-state index is 0.212. The highest BCUT2D eigenvalue weighted by Crippen LogP contribution is 2.18. The molecule has 26 heavy (non-hydrogen) atoms. The van der Waals surface area contributed by atoms with Gasteiger partial charge in [-0.05, 0) is 61.4 Å². The van der Waals surface area contributed by atoms with Gasteiger partial charge in [0.2, 0.25) is 0 Å². The predicted molar refractivity (Wildman–Crippen MR) is 109 cm³/mol. The average molecular weight is 355 g/mol. The third kappa shape index (κ3) is 7.05. The molecule has 0 atom stereocenters. The molecule has 0 saturated heterocycles. The quantitative estimate of drug-likeness (QED) is 0.299. The highest BCUT2D eigenvalue weighted by molar-refractivity contribution is 6.01. The molecule has 0 unspecified atom stereocenters. The number of rotatable bonds is 10. The van der Waals surface area contributed by atoms with E-state index in [4.69, 9.17) is 14.9 Å². The molecule has 0 fully saturated rings. The maximum atomic E-state index is 8.06. The molecule has 0 heterocycles. The Labute approximate surface area is 156 Å². The lowest BCUT2D eigenvalue weighted by atomic mass is 10.3. The van der Waals surface area contributed by atoms with Gasteiger partial charge in [0.25, 0.3) is 0 Å². The maximum Gasteiger partial charge on any atom is 0.197 e. The summed E-state index contributed by atoms with van der Waals surface area (Å²) in [5.41, 5.74) is 1.68. The molecular weight excluding hydrogens is 326 g/mol. The van der Waals surface area contributed by atoms with Crippen LogP contribution in [0.3, 0.4) is 0 Å². The fraction of sp³-hybridized carbons (Fsp3) is 0.381. The van der Waals surface area contributed by atoms with E-state index in [1.54, 1.807) is 0 Å². The fourth-order valence-corrected chi connectivity index (χ4v) is 2.26. The van der Waals surface area contributed by atoms with Crippen LogP contribution in [0.5, 0.6) is 11.5 Å². The van der Waals surface area contributed by atoms with E-state index in [-0.39, 0.29) is 5.96 Å². The molecule has 2 aromatic rings. The lowest BCUT2D eigenvalue weighted by molar-refractivity contribution is 0.309. The molecule has 5 nitrogen and oxygen atoms in total. The number of benzene rings is 2. The van der Waals surface area contributed by atoms with Crippen molar-refractivity contribution in [3.8, 4) is 11.5 Å². The summed E-state index contributed by atoms with van der Waals surface area (Å²) in [6.45, 7) is 5.75. The SMILES string of the molecule is CCCCOc1ccc(NC(=N)Nc2ccc(OCCCC)cc2)cc1. The summed E-state index contributed by atoms with van der Waals surface area (Å²) in [5.74, 6) is 1.91. The molecule has 3 N–H and O–H groups in total. The van der Waals surface area contributed by atoms with Crippen LogP contribution >= 0.6 is 0 Å². The second kappa shape index (κ2) is 11.0. The van der Waals surface area contributed by atoms with Crippen molar-refractivity contribution < 1.29 is 9.47 Å². The Morgan fingerprint density at radius 1 is 0.731 bits per heavy atom. The third-order valence-electron chi connectivity index (χ3n) is 3.78. The molecular formula is C21H29N3O2. The first kappa shape index (κ1) is 19.6. The van der Waals surface area contributed by atoms with Crippen LogP contribution in [0.1, 0.15) is 39.5 Å². The lowest BCUT2D eigenvalue weighted by Crippen LogP contribution is -2.20. The molecule has 0 spiro atoms. The lowest BCUT2D eigenvalue weighted by Gasteiger charge is -2.12. The normalized spacial score (nSPS) is 10.2. The summed E-state index contributed by atoms with van der Waals surface area (Å²) in [5, 5.41) is 14.1. The Morgan fingerprint density at radius 2 is 1.12 bits per heavy atom. The smallest absolute Gasteiger partial charge is 0.197 e. The number of nitrogens with one attached hydrogen (secondary N) is 3. The molecule has 0 bridgehead atoms. The molecule has 0 radical (unpaired) electrons. The van der Waals surface area contributed by atoms with E-state index in [1.165, 1.54) is 0 Å². The van der Waals surface area contributed by atoms with Crippen molar-refractivity contribution in [2.75, 3.05) is 23.8 Å². The topological polar surface area (TPSA) is 66.4 Å². The number of hydrogen-bond acceptors (Lipinski definition) is 3. The summed E-state index contributed by atoms with van der Waals surface area (Å²) in [4.78, 5) is 0. The zero-order valence-electron chi connectivity index (χ0n) is 15.7. The van der Waals surface area contributed by atoms with Crippen molar-refractivity contribution in [2.24, 2.45) is 0 Å². The summed E-state index contributed by atoms with van der Waals surface area (Å²) in [6.07, 6.45) is 4.34. The van der Waals surface area contributed by atoms with E-state index >= 15 is 0 Å². The van der Waals surface area contributed by atoms with Crippen molar-refractivity contribution in [3.05, 3.63) is 48.5 Å². The van der Waals surface area contributed by atoms with Crippen molar-refractivity contribution >= 4 is 17.3 Å².